The van der Waals surface area contributed by atoms with Crippen molar-refractivity contribution in [3.63, 3.8) is 0 Å². The maximum absolute atomic E-state index is 9.46. The molecule has 0 amide bonds. The van der Waals surface area contributed by atoms with Gasteiger partial charge in [-0.25, -0.2) is 39.9 Å². The molecular weight excluding hydrogens is 1750 g/mol. The first-order valence-corrected chi connectivity index (χ1v) is 46.5. The van der Waals surface area contributed by atoms with Gasteiger partial charge in [-0.3, -0.25) is 15.0 Å². The Bertz CT molecular complexity index is 6480. The van der Waals surface area contributed by atoms with Crippen molar-refractivity contribution in [3.8, 4) is 99.4 Å². The van der Waals surface area contributed by atoms with E-state index < -0.39 is 0 Å². The number of aromatic amines is 3. The summed E-state index contributed by atoms with van der Waals surface area (Å²) in [6.45, 7) is 24.1. The maximum atomic E-state index is 9.46. The van der Waals surface area contributed by atoms with Crippen LogP contribution < -0.4 is 54.5 Å². The van der Waals surface area contributed by atoms with Crippen LogP contribution in [0.3, 0.4) is 0 Å². The smallest absolute Gasteiger partial charge is 0.266 e. The van der Waals surface area contributed by atoms with Crippen molar-refractivity contribution in [1.29, 1.82) is 5.26 Å². The molecule has 16 rings (SSSR count). The molecule has 4 N–H and O–H groups in total. The molecule has 0 spiro atoms. The summed E-state index contributed by atoms with van der Waals surface area (Å²) in [6.07, 6.45) is 24.7. The fraction of sp³-hybridized carbons (Fsp3) is 0.220. The molecule has 18 nitrogen and oxygen atoms in total. The molecule has 127 heavy (non-hydrogen) atoms. The van der Waals surface area contributed by atoms with Gasteiger partial charge < -0.3 is 44.6 Å². The topological polar surface area (TPSA) is 225 Å². The van der Waals surface area contributed by atoms with E-state index in [9.17, 15) is 5.11 Å². The Morgan fingerprint density at radius 1 is 0.496 bits per heavy atom. The molecule has 1 saturated heterocycles. The lowest BCUT2D eigenvalue weighted by atomic mass is 9.99. The number of benzene rings is 2. The van der Waals surface area contributed by atoms with Crippen molar-refractivity contribution >= 4 is 103 Å². The Hall–Kier alpha value is -12.6. The van der Waals surface area contributed by atoms with Crippen molar-refractivity contribution in [3.05, 3.63) is 324 Å². The van der Waals surface area contributed by atoms with Crippen LogP contribution in [-0.4, -0.2) is 93.9 Å². The molecule has 2 aromatic carbocycles. The van der Waals surface area contributed by atoms with Crippen molar-refractivity contribution in [2.24, 2.45) is 5.92 Å². The van der Waals surface area contributed by atoms with E-state index in [1.54, 1.807) is 111 Å². The van der Waals surface area contributed by atoms with Crippen LogP contribution in [0.15, 0.2) is 221 Å². The molecular formula is C100H94Cl2N17OS7+. The van der Waals surface area contributed by atoms with Gasteiger partial charge in [0.25, 0.3) is 11.4 Å². The molecule has 27 heteroatoms. The number of anilines is 4. The van der Waals surface area contributed by atoms with Crippen LogP contribution >= 0.6 is 79.8 Å². The zero-order valence-electron chi connectivity index (χ0n) is 72.4. The fourth-order valence-electron chi connectivity index (χ4n) is 11.7. The van der Waals surface area contributed by atoms with Crippen LogP contribution in [0.2, 0.25) is 0 Å². The number of H-pyrrole nitrogens is 3. The molecule has 1 unspecified atom stereocenters. The van der Waals surface area contributed by atoms with Gasteiger partial charge in [0.15, 0.2) is 12.4 Å². The first-order chi connectivity index (χ1) is 60.8. The number of rotatable bonds is 12. The van der Waals surface area contributed by atoms with Gasteiger partial charge in [-0.2, -0.15) is 15.2 Å². The number of aromatic nitrogens is 13. The summed E-state index contributed by atoms with van der Waals surface area (Å²) in [5, 5.41) is 38.4. The number of nitriles is 1. The Morgan fingerprint density at radius 3 is 1.54 bits per heavy atom. The Labute approximate surface area is 786 Å². The van der Waals surface area contributed by atoms with Crippen LogP contribution in [0.4, 0.5) is 23.0 Å². The third kappa shape index (κ3) is 32.7. The Balaban J connectivity index is 0.000000172. The van der Waals surface area contributed by atoms with Gasteiger partial charge in [-0.05, 0) is 179 Å². The number of aliphatic hydroxyl groups is 1. The number of halogens is 2. The quantitative estimate of drug-likeness (QED) is 0.0886. The SMILES string of the molecule is CCC(C)Sc1ccc(C#Cc2csc(C)[nH+]2)cn1.CCCN(C)c1ccc(C#Cc2csc(C)n2)cn1.Cc1[nH+]c(C#Cc2cncc(N(C)c3cccnc3)c2)cs1.Cc1nc(C#Cc2c[nH+]cc(-c3ccccc3CO)c2)cs1.Cc1nc(C#Cc2ccc(N3CCC(C)CC3)nc2)cs1.Cc1nc(C#Cc2cncc(-c3cccc(C#N)c3)c2)cs1.[Cl-].[Cl-]. The third-order valence-electron chi connectivity index (χ3n) is 18.5. The van der Waals surface area contributed by atoms with Gasteiger partial charge in [0.1, 0.15) is 34.4 Å². The minimum Gasteiger partial charge on any atom is -1.00 e. The van der Waals surface area contributed by atoms with E-state index in [-0.39, 0.29) is 31.4 Å². The normalized spacial score (nSPS) is 10.9. The number of aryl methyl sites for hydroxylation is 6. The number of hydrogen-bond acceptors (Lipinski definition) is 22. The van der Waals surface area contributed by atoms with Crippen molar-refractivity contribution in [2.45, 2.75) is 112 Å². The number of thiazole rings is 6. The molecule has 1 fully saturated rings. The molecule has 1 aliphatic heterocycles. The highest BCUT2D eigenvalue weighted by atomic mass is 35.5. The Kier molecular flexibility index (Phi) is 40.0. The van der Waals surface area contributed by atoms with Crippen molar-refractivity contribution in [2.75, 3.05) is 48.4 Å². The highest BCUT2D eigenvalue weighted by Gasteiger charge is 2.18. The van der Waals surface area contributed by atoms with E-state index in [2.05, 4.69) is 193 Å². The van der Waals surface area contributed by atoms with E-state index in [0.29, 0.717) is 10.8 Å². The van der Waals surface area contributed by atoms with E-state index in [1.165, 1.54) is 17.8 Å². The number of aliphatic hydroxyl groups excluding tert-OH is 1. The van der Waals surface area contributed by atoms with E-state index in [1.807, 2.05) is 232 Å². The number of pyridine rings is 7. The number of nitrogens with zero attached hydrogens (tertiary/aromatic N) is 14. The van der Waals surface area contributed by atoms with E-state index in [0.717, 1.165) is 187 Å². The van der Waals surface area contributed by atoms with Crippen molar-refractivity contribution in [1.82, 2.24) is 49.8 Å². The third-order valence-corrected chi connectivity index (χ3v) is 24.4. The lowest BCUT2D eigenvalue weighted by Crippen LogP contribution is -3.00. The van der Waals surface area contributed by atoms with Gasteiger partial charge >= 0.3 is 0 Å². The number of thioether (sulfide) groups is 1. The maximum Gasteiger partial charge on any atom is 0.266 e. The zero-order chi connectivity index (χ0) is 88.1. The van der Waals surface area contributed by atoms with Crippen molar-refractivity contribution < 1.29 is 44.9 Å². The minimum absolute atomic E-state index is 0. The van der Waals surface area contributed by atoms with Gasteiger partial charge in [-0.15, -0.1) is 57.1 Å². The fourth-order valence-corrected chi connectivity index (χ4v) is 15.9. The molecule has 0 bridgehead atoms. The molecule has 13 aromatic heterocycles. The molecule has 0 radical (unpaired) electrons. The van der Waals surface area contributed by atoms with Crippen LogP contribution in [0.5, 0.6) is 0 Å². The number of nitrogens with one attached hydrogen (secondary N) is 3. The average molecular weight is 1850 g/mol. The number of piperidine rings is 1. The zero-order valence-corrected chi connectivity index (χ0v) is 79.6. The molecule has 0 saturated carbocycles. The lowest BCUT2D eigenvalue weighted by molar-refractivity contribution is -0.383. The first-order valence-electron chi connectivity index (χ1n) is 40.3. The van der Waals surface area contributed by atoms with Gasteiger partial charge in [0, 0.05) is 169 Å². The van der Waals surface area contributed by atoms with Crippen LogP contribution in [0.25, 0.3) is 22.3 Å². The summed E-state index contributed by atoms with van der Waals surface area (Å²) in [5.41, 5.74) is 18.0. The average Bonchev–Trinajstić information content (AvgIpc) is 1.79. The van der Waals surface area contributed by atoms with Gasteiger partial charge in [-0.1, -0.05) is 122 Å². The first kappa shape index (κ1) is 98.2. The lowest BCUT2D eigenvalue weighted by Gasteiger charge is -2.31. The monoisotopic (exact) mass is 1840 g/mol. The minimum atomic E-state index is 0. The second-order valence-corrected chi connectivity index (χ2v) is 36.3. The molecule has 14 heterocycles. The highest BCUT2D eigenvalue weighted by molar-refractivity contribution is 7.99. The van der Waals surface area contributed by atoms with Crippen LogP contribution in [0, 0.1) is 130 Å². The summed E-state index contributed by atoms with van der Waals surface area (Å²) >= 11 is 11.6. The summed E-state index contributed by atoms with van der Waals surface area (Å²) < 4.78 is 0. The standard InChI is InChI=1S/C18H11N3S.C18H14N2OS.C17H14N4S.C17H19N3S.C15H17N3S.C15H16N2S2.2ClH/c1-13-21-18(12-22-13)6-5-15-8-17(11-20-10-15)16-4-2-3-14(7-16)9-19;1-13-20-17(12-22-13)7-6-14-8-16(10-19-9-14)18-5-3-2-4-15(18)11-21;1-13-20-15(12-22-13)6-5-14-8-17(11-19-9-14)21(2)16-4-3-7-18-10-16;1-13-7-9-20(10-8-13)17-6-4-15(11-18-17)3-5-16-12-21-14(2)19-16;1-4-9-18(3)15-8-6-13(10-16-15)5-7-14-11-19-12(2)17-14;1-4-11(2)19-15-8-6-13(9-16-15)5-7-14-10-18-12(3)17-14;;/h2-4,7-8,10-12H,1H3;2-5,8-10,12,21H,11H2,1H3;3-4,7-12H,1-2H3;4,6,11-13H,7-10H2,1-2H3;6,8,10-11H,4,9H2,1-3H3;6,8-11H,4H2,1-3H3;2*1H/p+1. The van der Waals surface area contributed by atoms with Crippen LogP contribution in [-0.2, 0) is 6.61 Å². The summed E-state index contributed by atoms with van der Waals surface area (Å²) in [6, 6.07) is 39.5. The second kappa shape index (κ2) is 51.7. The molecule has 15 aromatic rings. The number of hydrogen-bond donors (Lipinski definition) is 1. The Morgan fingerprint density at radius 2 is 1.02 bits per heavy atom. The van der Waals surface area contributed by atoms with Gasteiger partial charge in [0.2, 0.25) is 10.0 Å². The van der Waals surface area contributed by atoms with Crippen LogP contribution in [0.1, 0.15) is 162 Å². The van der Waals surface area contributed by atoms with Gasteiger partial charge in [0.05, 0.1) is 83.4 Å². The van der Waals surface area contributed by atoms with E-state index in [4.69, 9.17) is 5.26 Å². The largest absolute Gasteiger partial charge is 1.00 e. The summed E-state index contributed by atoms with van der Waals surface area (Å²) in [4.78, 5) is 59.4. The molecule has 0 aliphatic carbocycles. The van der Waals surface area contributed by atoms with E-state index >= 15 is 0 Å². The molecule has 640 valence electrons. The predicted molar refractivity (Wildman–Crippen MR) is 512 cm³/mol. The predicted octanol–water partition coefficient (Wildman–Crippen LogP) is 13.6. The molecule has 1 atom stereocenters. The summed E-state index contributed by atoms with van der Waals surface area (Å²) in [5.74, 6) is 40.0. The highest BCUT2D eigenvalue weighted by Crippen LogP contribution is 2.28. The second-order valence-electron chi connectivity index (χ2n) is 28.5. The molecule has 1 aliphatic rings. The summed E-state index contributed by atoms with van der Waals surface area (Å²) in [7, 11) is 4.04.